The van der Waals surface area contributed by atoms with Gasteiger partial charge in [-0.2, -0.15) is 13.2 Å². The highest BCUT2D eigenvalue weighted by Gasteiger charge is 2.34. The first-order valence-electron chi connectivity index (χ1n) is 10.6. The highest BCUT2D eigenvalue weighted by molar-refractivity contribution is 7.10. The Labute approximate surface area is 180 Å². The molecule has 3 heterocycles. The van der Waals surface area contributed by atoms with Gasteiger partial charge in [0.25, 0.3) is 0 Å². The van der Waals surface area contributed by atoms with Crippen LogP contribution >= 0.6 is 11.3 Å². The summed E-state index contributed by atoms with van der Waals surface area (Å²) in [5.41, 5.74) is 0. The Morgan fingerprint density at radius 1 is 1.30 bits per heavy atom. The third-order valence-corrected chi connectivity index (χ3v) is 6.43. The van der Waals surface area contributed by atoms with Crippen molar-refractivity contribution in [3.8, 4) is 0 Å². The second-order valence-corrected chi connectivity index (χ2v) is 8.76. The molecule has 2 aliphatic heterocycles. The highest BCUT2D eigenvalue weighted by atomic mass is 32.1. The van der Waals surface area contributed by atoms with Crippen molar-refractivity contribution in [2.24, 2.45) is 10.9 Å². The lowest BCUT2D eigenvalue weighted by atomic mass is 10.1. The van der Waals surface area contributed by atoms with Crippen molar-refractivity contribution in [2.75, 3.05) is 65.6 Å². The SMILES string of the molecule is CCNC(=NCC(c1cccs1)N1CCOCC1)NCC1CCN(CC(F)(F)F)C1. The van der Waals surface area contributed by atoms with Crippen molar-refractivity contribution in [3.05, 3.63) is 22.4 Å². The fraction of sp³-hybridized carbons (Fsp3) is 0.750. The summed E-state index contributed by atoms with van der Waals surface area (Å²) in [7, 11) is 0. The van der Waals surface area contributed by atoms with Gasteiger partial charge >= 0.3 is 6.18 Å². The van der Waals surface area contributed by atoms with Crippen LogP contribution in [0, 0.1) is 5.92 Å². The molecule has 0 bridgehead atoms. The number of hydrogen-bond acceptors (Lipinski definition) is 5. The first-order valence-corrected chi connectivity index (χ1v) is 11.5. The van der Waals surface area contributed by atoms with Crippen LogP contribution in [0.3, 0.4) is 0 Å². The Morgan fingerprint density at radius 2 is 2.10 bits per heavy atom. The molecule has 170 valence electrons. The molecular weight excluding hydrogens is 415 g/mol. The van der Waals surface area contributed by atoms with Crippen molar-refractivity contribution < 1.29 is 17.9 Å². The van der Waals surface area contributed by atoms with Crippen LogP contribution in [0.1, 0.15) is 24.3 Å². The Balaban J connectivity index is 1.55. The lowest BCUT2D eigenvalue weighted by Gasteiger charge is -2.33. The van der Waals surface area contributed by atoms with Gasteiger partial charge in [-0.15, -0.1) is 11.3 Å². The van der Waals surface area contributed by atoms with Crippen LogP contribution in [-0.2, 0) is 4.74 Å². The predicted molar refractivity (Wildman–Crippen MR) is 114 cm³/mol. The molecule has 2 saturated heterocycles. The van der Waals surface area contributed by atoms with Crippen LogP contribution in [0.4, 0.5) is 13.2 Å². The van der Waals surface area contributed by atoms with Crippen molar-refractivity contribution in [3.63, 3.8) is 0 Å². The van der Waals surface area contributed by atoms with E-state index in [0.717, 1.165) is 45.2 Å². The summed E-state index contributed by atoms with van der Waals surface area (Å²) in [5, 5.41) is 8.69. The first kappa shape index (κ1) is 23.3. The number of thiophene rings is 1. The van der Waals surface area contributed by atoms with Gasteiger partial charge in [0.2, 0.25) is 0 Å². The van der Waals surface area contributed by atoms with E-state index in [9.17, 15) is 13.2 Å². The minimum atomic E-state index is -4.13. The molecule has 0 radical (unpaired) electrons. The molecule has 3 rings (SSSR count). The van der Waals surface area contributed by atoms with E-state index in [1.807, 2.05) is 6.92 Å². The number of nitrogens with one attached hydrogen (secondary N) is 2. The molecule has 0 spiro atoms. The molecule has 2 atom stereocenters. The van der Waals surface area contributed by atoms with Gasteiger partial charge in [-0.05, 0) is 37.3 Å². The summed E-state index contributed by atoms with van der Waals surface area (Å²) < 4.78 is 43.3. The summed E-state index contributed by atoms with van der Waals surface area (Å²) >= 11 is 1.74. The number of guanidine groups is 1. The quantitative estimate of drug-likeness (QED) is 0.474. The molecule has 2 unspecified atom stereocenters. The third-order valence-electron chi connectivity index (χ3n) is 5.46. The number of alkyl halides is 3. The molecule has 6 nitrogen and oxygen atoms in total. The maximum atomic E-state index is 12.6. The normalized spacial score (nSPS) is 22.9. The molecular formula is C20H32F3N5OS. The molecule has 30 heavy (non-hydrogen) atoms. The number of halogens is 3. The lowest BCUT2D eigenvalue weighted by Crippen LogP contribution is -2.42. The van der Waals surface area contributed by atoms with Crippen LogP contribution in [-0.4, -0.2) is 87.5 Å². The van der Waals surface area contributed by atoms with Gasteiger partial charge in [0, 0.05) is 37.6 Å². The number of nitrogens with zero attached hydrogens (tertiary/aromatic N) is 3. The predicted octanol–water partition coefficient (Wildman–Crippen LogP) is 2.56. The van der Waals surface area contributed by atoms with Crippen molar-refractivity contribution in [1.82, 2.24) is 20.4 Å². The standard InChI is InChI=1S/C20H32F3N5OS/c1-2-24-19(25-12-16-5-6-27(14-16)15-20(21,22)23)26-13-17(18-4-3-11-30-18)28-7-9-29-10-8-28/h3-4,11,16-17H,2,5-10,12-15H2,1H3,(H2,24,25,26). The zero-order chi connectivity index (χ0) is 21.4. The fourth-order valence-corrected chi connectivity index (χ4v) is 4.84. The number of morpholine rings is 1. The molecule has 0 saturated carbocycles. The smallest absolute Gasteiger partial charge is 0.379 e. The van der Waals surface area contributed by atoms with Crippen LogP contribution in [0.15, 0.2) is 22.5 Å². The number of aliphatic imine (C=N–C) groups is 1. The first-order chi connectivity index (χ1) is 14.4. The molecule has 2 fully saturated rings. The van der Waals surface area contributed by atoms with Gasteiger partial charge in [-0.1, -0.05) is 6.07 Å². The van der Waals surface area contributed by atoms with E-state index in [-0.39, 0.29) is 12.0 Å². The molecule has 2 N–H and O–H groups in total. The molecule has 1 aromatic heterocycles. The summed E-state index contributed by atoms with van der Waals surface area (Å²) in [6, 6.07) is 4.42. The maximum absolute atomic E-state index is 12.6. The van der Waals surface area contributed by atoms with E-state index < -0.39 is 12.7 Å². The fourth-order valence-electron chi connectivity index (χ4n) is 3.99. The second-order valence-electron chi connectivity index (χ2n) is 7.79. The number of likely N-dealkylation sites (tertiary alicyclic amines) is 1. The van der Waals surface area contributed by atoms with E-state index in [1.54, 1.807) is 11.3 Å². The Hall–Kier alpha value is -1.36. The van der Waals surface area contributed by atoms with Gasteiger partial charge in [-0.25, -0.2) is 0 Å². The van der Waals surface area contributed by atoms with Crippen LogP contribution < -0.4 is 10.6 Å². The van der Waals surface area contributed by atoms with E-state index in [2.05, 4.69) is 33.0 Å². The van der Waals surface area contributed by atoms with Crippen LogP contribution in [0.2, 0.25) is 0 Å². The largest absolute Gasteiger partial charge is 0.401 e. The van der Waals surface area contributed by atoms with Gasteiger partial charge < -0.3 is 15.4 Å². The molecule has 0 aromatic carbocycles. The number of ether oxygens (including phenoxy) is 1. The molecule has 1 aromatic rings. The summed E-state index contributed by atoms with van der Waals surface area (Å²) in [6.45, 7) is 7.39. The average Bonchev–Trinajstić information content (AvgIpc) is 3.38. The highest BCUT2D eigenvalue weighted by Crippen LogP contribution is 2.26. The lowest BCUT2D eigenvalue weighted by molar-refractivity contribution is -0.143. The molecule has 2 aliphatic rings. The Morgan fingerprint density at radius 3 is 2.77 bits per heavy atom. The third kappa shape index (κ3) is 7.40. The zero-order valence-electron chi connectivity index (χ0n) is 17.5. The van der Waals surface area contributed by atoms with Gasteiger partial charge in [0.1, 0.15) is 0 Å². The van der Waals surface area contributed by atoms with E-state index in [0.29, 0.717) is 26.2 Å². The average molecular weight is 448 g/mol. The summed E-state index contributed by atoms with van der Waals surface area (Å²) in [6.07, 6.45) is -3.36. The molecule has 0 aliphatic carbocycles. The number of rotatable bonds is 8. The van der Waals surface area contributed by atoms with E-state index >= 15 is 0 Å². The Kier molecular flexibility index (Phi) is 8.79. The number of hydrogen-bond donors (Lipinski definition) is 2. The molecule has 0 amide bonds. The van der Waals surface area contributed by atoms with Gasteiger partial charge in [0.15, 0.2) is 5.96 Å². The summed E-state index contributed by atoms with van der Waals surface area (Å²) in [5.74, 6) is 0.921. The maximum Gasteiger partial charge on any atom is 0.401 e. The van der Waals surface area contributed by atoms with Crippen molar-refractivity contribution in [1.29, 1.82) is 0 Å². The summed E-state index contributed by atoms with van der Waals surface area (Å²) in [4.78, 5) is 10.00. The van der Waals surface area contributed by atoms with Gasteiger partial charge in [-0.3, -0.25) is 14.8 Å². The van der Waals surface area contributed by atoms with Crippen molar-refractivity contribution in [2.45, 2.75) is 25.6 Å². The minimum Gasteiger partial charge on any atom is -0.379 e. The monoisotopic (exact) mass is 447 g/mol. The van der Waals surface area contributed by atoms with Crippen molar-refractivity contribution >= 4 is 17.3 Å². The molecule has 10 heteroatoms. The van der Waals surface area contributed by atoms with Gasteiger partial charge in [0.05, 0.1) is 32.3 Å². The van der Waals surface area contributed by atoms with E-state index in [1.165, 1.54) is 9.78 Å². The Bertz CT molecular complexity index is 649. The minimum absolute atomic E-state index is 0.198. The van der Waals surface area contributed by atoms with Crippen LogP contribution in [0.25, 0.3) is 0 Å². The zero-order valence-corrected chi connectivity index (χ0v) is 18.3. The second kappa shape index (κ2) is 11.3. The topological polar surface area (TPSA) is 52.1 Å². The van der Waals surface area contributed by atoms with E-state index in [4.69, 9.17) is 9.73 Å². The van der Waals surface area contributed by atoms with Crippen LogP contribution in [0.5, 0.6) is 0 Å².